The third-order valence-electron chi connectivity index (χ3n) is 1.88. The number of carbonyl (C=O) groups is 1. The lowest BCUT2D eigenvalue weighted by Crippen LogP contribution is -2.15. The number of rotatable bonds is 3. The van der Waals surface area contributed by atoms with Crippen molar-refractivity contribution in [3.05, 3.63) is 22.4 Å². The fourth-order valence-electron chi connectivity index (χ4n) is 1.06. The van der Waals surface area contributed by atoms with Crippen LogP contribution >= 0.6 is 15.9 Å². The lowest BCUT2D eigenvalue weighted by Gasteiger charge is -2.07. The molecular weight excluding hydrogens is 248 g/mol. The molecule has 0 aliphatic heterocycles. The van der Waals surface area contributed by atoms with Crippen LogP contribution in [0.4, 0.5) is 0 Å². The van der Waals surface area contributed by atoms with Crippen molar-refractivity contribution in [2.45, 2.75) is 18.9 Å². The molecule has 0 bridgehead atoms. The van der Waals surface area contributed by atoms with Crippen molar-refractivity contribution < 1.29 is 9.53 Å². The van der Waals surface area contributed by atoms with Crippen molar-refractivity contribution in [3.63, 3.8) is 0 Å². The summed E-state index contributed by atoms with van der Waals surface area (Å²) in [7, 11) is 0. The van der Waals surface area contributed by atoms with Crippen LogP contribution in [0.2, 0.25) is 0 Å². The molecule has 0 spiro atoms. The number of pyridine rings is 1. The van der Waals surface area contributed by atoms with E-state index in [2.05, 4.69) is 20.9 Å². The minimum Gasteiger partial charge on any atom is -0.488 e. The summed E-state index contributed by atoms with van der Waals surface area (Å²) in [4.78, 5) is 15.0. The zero-order valence-corrected chi connectivity index (χ0v) is 8.95. The van der Waals surface area contributed by atoms with Crippen LogP contribution in [0.1, 0.15) is 23.3 Å². The Balaban J connectivity index is 2.31. The highest BCUT2D eigenvalue weighted by Gasteiger charge is 2.25. The lowest BCUT2D eigenvalue weighted by molar-refractivity contribution is 0.0990. The molecule has 1 fully saturated rings. The van der Waals surface area contributed by atoms with Crippen LogP contribution in [0.5, 0.6) is 5.75 Å². The summed E-state index contributed by atoms with van der Waals surface area (Å²) in [6.45, 7) is 0. The first kappa shape index (κ1) is 9.45. The Morgan fingerprint density at radius 1 is 1.57 bits per heavy atom. The number of nitrogens with zero attached hydrogens (tertiary/aromatic N) is 1. The van der Waals surface area contributed by atoms with E-state index in [-0.39, 0.29) is 11.8 Å². The topological polar surface area (TPSA) is 65.2 Å². The van der Waals surface area contributed by atoms with Crippen LogP contribution in [-0.4, -0.2) is 17.0 Å². The summed E-state index contributed by atoms with van der Waals surface area (Å²) in [6.07, 6.45) is 2.30. The minimum atomic E-state index is -0.568. The number of amides is 1. The van der Waals surface area contributed by atoms with E-state index < -0.39 is 5.91 Å². The molecule has 0 unspecified atom stereocenters. The second-order valence-corrected chi connectivity index (χ2v) is 3.97. The van der Waals surface area contributed by atoms with Gasteiger partial charge in [0.25, 0.3) is 5.91 Å². The maximum atomic E-state index is 11.0. The summed E-state index contributed by atoms with van der Waals surface area (Å²) in [5.41, 5.74) is 5.36. The van der Waals surface area contributed by atoms with E-state index in [0.29, 0.717) is 10.4 Å². The zero-order valence-electron chi connectivity index (χ0n) is 7.37. The van der Waals surface area contributed by atoms with Gasteiger partial charge in [-0.1, -0.05) is 0 Å². The third kappa shape index (κ3) is 2.04. The maximum Gasteiger partial charge on any atom is 0.271 e. The van der Waals surface area contributed by atoms with Crippen LogP contribution in [0.15, 0.2) is 16.7 Å². The van der Waals surface area contributed by atoms with Crippen molar-refractivity contribution in [1.29, 1.82) is 0 Å². The van der Waals surface area contributed by atoms with Crippen LogP contribution in [0.3, 0.4) is 0 Å². The van der Waals surface area contributed by atoms with Crippen LogP contribution in [0, 0.1) is 0 Å². The van der Waals surface area contributed by atoms with Gasteiger partial charge in [0.15, 0.2) is 11.4 Å². The van der Waals surface area contributed by atoms with Crippen LogP contribution in [-0.2, 0) is 0 Å². The molecule has 0 saturated heterocycles. The van der Waals surface area contributed by atoms with Gasteiger partial charge in [-0.25, -0.2) is 4.98 Å². The molecule has 14 heavy (non-hydrogen) atoms. The average molecular weight is 257 g/mol. The molecule has 74 valence electrons. The molecule has 1 aromatic rings. The van der Waals surface area contributed by atoms with E-state index in [1.54, 1.807) is 12.1 Å². The van der Waals surface area contributed by atoms with Crippen molar-refractivity contribution in [2.24, 2.45) is 5.73 Å². The minimum absolute atomic E-state index is 0.186. The summed E-state index contributed by atoms with van der Waals surface area (Å²) in [5, 5.41) is 0. The predicted octanol–water partition coefficient (Wildman–Crippen LogP) is 1.48. The maximum absolute atomic E-state index is 11.0. The van der Waals surface area contributed by atoms with Gasteiger partial charge in [0, 0.05) is 0 Å². The molecule has 2 N–H and O–H groups in total. The molecule has 0 radical (unpaired) electrons. The molecule has 2 rings (SSSR count). The Hall–Kier alpha value is -1.10. The first-order valence-corrected chi connectivity index (χ1v) is 5.09. The first-order valence-electron chi connectivity index (χ1n) is 4.30. The average Bonchev–Trinajstić information content (AvgIpc) is 2.91. The fourth-order valence-corrected chi connectivity index (χ4v) is 1.37. The molecule has 1 aliphatic carbocycles. The first-order chi connectivity index (χ1) is 6.66. The largest absolute Gasteiger partial charge is 0.488 e. The second kappa shape index (κ2) is 3.57. The fraction of sp³-hybridized carbons (Fsp3) is 0.333. The van der Waals surface area contributed by atoms with E-state index in [9.17, 15) is 4.79 Å². The number of nitrogens with two attached hydrogens (primary N) is 1. The van der Waals surface area contributed by atoms with Crippen molar-refractivity contribution >= 4 is 21.8 Å². The van der Waals surface area contributed by atoms with Gasteiger partial charge in [-0.05, 0) is 40.9 Å². The smallest absolute Gasteiger partial charge is 0.271 e. The van der Waals surface area contributed by atoms with Gasteiger partial charge >= 0.3 is 0 Å². The Bertz CT molecular complexity index is 377. The quantitative estimate of drug-likeness (QED) is 0.834. The van der Waals surface area contributed by atoms with E-state index in [1.807, 2.05) is 0 Å². The summed E-state index contributed by atoms with van der Waals surface area (Å²) >= 11 is 3.17. The van der Waals surface area contributed by atoms with Gasteiger partial charge < -0.3 is 10.5 Å². The molecule has 1 heterocycles. The second-order valence-electron chi connectivity index (χ2n) is 3.16. The molecule has 1 amide bonds. The number of primary amides is 1. The molecule has 1 saturated carbocycles. The Morgan fingerprint density at radius 2 is 2.29 bits per heavy atom. The highest BCUT2D eigenvalue weighted by atomic mass is 79.9. The van der Waals surface area contributed by atoms with Gasteiger partial charge in [-0.3, -0.25) is 4.79 Å². The highest BCUT2D eigenvalue weighted by molar-refractivity contribution is 9.10. The monoisotopic (exact) mass is 256 g/mol. The van der Waals surface area contributed by atoms with Crippen molar-refractivity contribution in [1.82, 2.24) is 4.98 Å². The Morgan fingerprint density at radius 3 is 2.86 bits per heavy atom. The summed E-state index contributed by atoms with van der Waals surface area (Å²) in [6, 6.07) is 3.43. The molecule has 4 nitrogen and oxygen atoms in total. The number of hydrogen-bond acceptors (Lipinski definition) is 3. The van der Waals surface area contributed by atoms with Crippen LogP contribution < -0.4 is 10.5 Å². The molecular formula is C9H9BrN2O2. The van der Waals surface area contributed by atoms with Crippen molar-refractivity contribution in [3.8, 4) is 5.75 Å². The zero-order chi connectivity index (χ0) is 10.1. The van der Waals surface area contributed by atoms with E-state index in [0.717, 1.165) is 12.8 Å². The molecule has 5 heteroatoms. The van der Waals surface area contributed by atoms with Gasteiger partial charge in [0.05, 0.1) is 6.10 Å². The number of halogens is 1. The van der Waals surface area contributed by atoms with Gasteiger partial charge in [-0.15, -0.1) is 0 Å². The number of aromatic nitrogens is 1. The standard InChI is InChI=1S/C9H9BrN2O2/c10-7-4-3-6(14-5-1-2-5)8(12-7)9(11)13/h3-5H,1-2H2,(H2,11,13). The predicted molar refractivity (Wildman–Crippen MR) is 54.1 cm³/mol. The van der Waals surface area contributed by atoms with Gasteiger partial charge in [0.2, 0.25) is 0 Å². The highest BCUT2D eigenvalue weighted by Crippen LogP contribution is 2.29. The number of carbonyl (C=O) groups excluding carboxylic acids is 1. The number of hydrogen-bond donors (Lipinski definition) is 1. The van der Waals surface area contributed by atoms with E-state index in [1.165, 1.54) is 0 Å². The Labute approximate surface area is 89.6 Å². The molecule has 1 aromatic heterocycles. The lowest BCUT2D eigenvalue weighted by atomic mass is 10.3. The van der Waals surface area contributed by atoms with Crippen molar-refractivity contribution in [2.75, 3.05) is 0 Å². The van der Waals surface area contributed by atoms with E-state index >= 15 is 0 Å². The number of ether oxygens (including phenoxy) is 1. The normalized spacial score (nSPS) is 15.2. The summed E-state index contributed by atoms with van der Waals surface area (Å²) < 4.78 is 6.07. The van der Waals surface area contributed by atoms with Gasteiger partial charge in [-0.2, -0.15) is 0 Å². The van der Waals surface area contributed by atoms with Crippen LogP contribution in [0.25, 0.3) is 0 Å². The molecule has 0 aromatic carbocycles. The SMILES string of the molecule is NC(=O)c1nc(Br)ccc1OC1CC1. The molecule has 1 aliphatic rings. The molecule has 0 atom stereocenters. The Kier molecular flexibility index (Phi) is 2.41. The van der Waals surface area contributed by atoms with Gasteiger partial charge in [0.1, 0.15) is 4.60 Å². The third-order valence-corrected chi connectivity index (χ3v) is 2.32. The van der Waals surface area contributed by atoms with E-state index in [4.69, 9.17) is 10.5 Å². The summed E-state index contributed by atoms with van der Waals surface area (Å²) in [5.74, 6) is -0.0925.